The van der Waals surface area contributed by atoms with Crippen LogP contribution in [0.15, 0.2) is 18.3 Å². The van der Waals surface area contributed by atoms with E-state index in [0.29, 0.717) is 17.3 Å². The maximum atomic E-state index is 5.79. The van der Waals surface area contributed by atoms with E-state index in [2.05, 4.69) is 23.7 Å². The fraction of sp³-hybridized carbons (Fsp3) is 0.615. The van der Waals surface area contributed by atoms with Crippen LogP contribution in [-0.4, -0.2) is 35.2 Å². The van der Waals surface area contributed by atoms with Crippen molar-refractivity contribution in [2.75, 3.05) is 13.2 Å². The number of ether oxygens (including phenoxy) is 1. The lowest BCUT2D eigenvalue weighted by atomic mass is 10.1. The summed E-state index contributed by atoms with van der Waals surface area (Å²) in [5.74, 6) is 0. The topological polar surface area (TPSA) is 25.4 Å². The van der Waals surface area contributed by atoms with E-state index in [9.17, 15) is 0 Å². The molecule has 2 unspecified atom stereocenters. The summed E-state index contributed by atoms with van der Waals surface area (Å²) in [7, 11) is 0. The first-order valence-electron chi connectivity index (χ1n) is 6.15. The van der Waals surface area contributed by atoms with E-state index in [-0.39, 0.29) is 0 Å². The Hall–Kier alpha value is -0.640. The van der Waals surface area contributed by atoms with E-state index in [0.717, 1.165) is 26.1 Å². The third kappa shape index (κ3) is 3.41. The highest BCUT2D eigenvalue weighted by Gasteiger charge is 2.25. The maximum Gasteiger partial charge on any atom is 0.129 e. The van der Waals surface area contributed by atoms with Crippen molar-refractivity contribution in [2.24, 2.45) is 0 Å². The van der Waals surface area contributed by atoms with Crippen molar-refractivity contribution in [1.82, 2.24) is 9.88 Å². The van der Waals surface area contributed by atoms with E-state index in [1.165, 1.54) is 5.56 Å². The number of hydrogen-bond donors (Lipinski definition) is 0. The molecule has 0 spiro atoms. The first kappa shape index (κ1) is 12.8. The molecule has 4 heteroatoms. The number of hydrogen-bond acceptors (Lipinski definition) is 3. The molecule has 2 rings (SSSR count). The van der Waals surface area contributed by atoms with Gasteiger partial charge in [0, 0.05) is 25.3 Å². The van der Waals surface area contributed by atoms with Gasteiger partial charge in [-0.3, -0.25) is 4.90 Å². The lowest BCUT2D eigenvalue weighted by Crippen LogP contribution is -2.47. The molecule has 0 saturated carbocycles. The van der Waals surface area contributed by atoms with E-state index in [4.69, 9.17) is 16.3 Å². The van der Waals surface area contributed by atoms with Gasteiger partial charge < -0.3 is 4.74 Å². The molecule has 17 heavy (non-hydrogen) atoms. The first-order chi connectivity index (χ1) is 8.19. The second kappa shape index (κ2) is 5.80. The van der Waals surface area contributed by atoms with Gasteiger partial charge in [0.1, 0.15) is 5.15 Å². The normalized spacial score (nSPS) is 26.1. The molecule has 1 aromatic heterocycles. The summed E-state index contributed by atoms with van der Waals surface area (Å²) in [4.78, 5) is 6.59. The van der Waals surface area contributed by atoms with E-state index >= 15 is 0 Å². The molecule has 0 amide bonds. The molecule has 1 saturated heterocycles. The standard InChI is InChI=1S/C13H19ClN2O/c1-3-12-9-17-10(2)7-16(12)8-11-4-5-13(14)15-6-11/h4-6,10,12H,3,7-9H2,1-2H3. The second-order valence-corrected chi connectivity index (χ2v) is 5.01. The van der Waals surface area contributed by atoms with Gasteiger partial charge in [-0.1, -0.05) is 24.6 Å². The number of halogens is 1. The minimum Gasteiger partial charge on any atom is -0.376 e. The lowest BCUT2D eigenvalue weighted by molar-refractivity contribution is -0.0592. The molecule has 0 bridgehead atoms. The molecular weight excluding hydrogens is 236 g/mol. The van der Waals surface area contributed by atoms with Crippen LogP contribution in [0.25, 0.3) is 0 Å². The van der Waals surface area contributed by atoms with Gasteiger partial charge in [0.15, 0.2) is 0 Å². The third-order valence-electron chi connectivity index (χ3n) is 3.23. The number of rotatable bonds is 3. The third-order valence-corrected chi connectivity index (χ3v) is 3.45. The molecule has 1 aliphatic heterocycles. The molecular formula is C13H19ClN2O. The van der Waals surface area contributed by atoms with Crippen molar-refractivity contribution in [3.8, 4) is 0 Å². The Balaban J connectivity index is 2.02. The van der Waals surface area contributed by atoms with Gasteiger partial charge in [-0.15, -0.1) is 0 Å². The summed E-state index contributed by atoms with van der Waals surface area (Å²) < 4.78 is 5.69. The smallest absolute Gasteiger partial charge is 0.129 e. The summed E-state index contributed by atoms with van der Waals surface area (Å²) in [5, 5.41) is 0.552. The van der Waals surface area contributed by atoms with Crippen LogP contribution in [-0.2, 0) is 11.3 Å². The largest absolute Gasteiger partial charge is 0.376 e. The molecule has 3 nitrogen and oxygen atoms in total. The fourth-order valence-corrected chi connectivity index (χ4v) is 2.33. The van der Waals surface area contributed by atoms with Crippen LogP contribution in [0.1, 0.15) is 25.8 Å². The Kier molecular flexibility index (Phi) is 4.37. The maximum absolute atomic E-state index is 5.79. The van der Waals surface area contributed by atoms with E-state index in [1.54, 1.807) is 0 Å². The Morgan fingerprint density at radius 3 is 3.00 bits per heavy atom. The zero-order chi connectivity index (χ0) is 12.3. The molecule has 0 radical (unpaired) electrons. The Bertz CT molecular complexity index is 355. The van der Waals surface area contributed by atoms with E-state index in [1.807, 2.05) is 18.3 Å². The molecule has 0 N–H and O–H groups in total. The Morgan fingerprint density at radius 2 is 2.35 bits per heavy atom. The van der Waals surface area contributed by atoms with Crippen LogP contribution in [0.4, 0.5) is 0 Å². The van der Waals surface area contributed by atoms with Gasteiger partial charge in [0.05, 0.1) is 12.7 Å². The number of aromatic nitrogens is 1. The van der Waals surface area contributed by atoms with Crippen molar-refractivity contribution in [3.63, 3.8) is 0 Å². The SMILES string of the molecule is CCC1COC(C)CN1Cc1ccc(Cl)nc1. The van der Waals surface area contributed by atoms with Gasteiger partial charge in [-0.05, 0) is 25.0 Å². The highest BCUT2D eigenvalue weighted by atomic mass is 35.5. The zero-order valence-electron chi connectivity index (χ0n) is 10.4. The highest BCUT2D eigenvalue weighted by molar-refractivity contribution is 6.29. The lowest BCUT2D eigenvalue weighted by Gasteiger charge is -2.38. The average Bonchev–Trinajstić information content (AvgIpc) is 2.32. The molecule has 2 atom stereocenters. The Morgan fingerprint density at radius 1 is 1.53 bits per heavy atom. The number of pyridine rings is 1. The Labute approximate surface area is 108 Å². The van der Waals surface area contributed by atoms with Gasteiger partial charge in [0.2, 0.25) is 0 Å². The van der Waals surface area contributed by atoms with E-state index < -0.39 is 0 Å². The van der Waals surface area contributed by atoms with Crippen molar-refractivity contribution in [1.29, 1.82) is 0 Å². The van der Waals surface area contributed by atoms with Crippen LogP contribution in [0.5, 0.6) is 0 Å². The van der Waals surface area contributed by atoms with Crippen LogP contribution in [0.2, 0.25) is 5.15 Å². The minimum absolute atomic E-state index is 0.318. The molecule has 1 fully saturated rings. The summed E-state index contributed by atoms with van der Waals surface area (Å²) in [6.07, 6.45) is 3.29. The zero-order valence-corrected chi connectivity index (χ0v) is 11.2. The average molecular weight is 255 g/mol. The predicted octanol–water partition coefficient (Wildman–Crippen LogP) is 2.73. The van der Waals surface area contributed by atoms with Gasteiger partial charge in [-0.25, -0.2) is 4.98 Å². The van der Waals surface area contributed by atoms with Gasteiger partial charge in [0.25, 0.3) is 0 Å². The number of nitrogens with zero attached hydrogens (tertiary/aromatic N) is 2. The van der Waals surface area contributed by atoms with Crippen LogP contribution >= 0.6 is 11.6 Å². The summed E-state index contributed by atoms with van der Waals surface area (Å²) in [6, 6.07) is 4.41. The molecule has 0 aromatic carbocycles. The fourth-order valence-electron chi connectivity index (χ4n) is 2.22. The minimum atomic E-state index is 0.318. The molecule has 94 valence electrons. The monoisotopic (exact) mass is 254 g/mol. The molecule has 1 aromatic rings. The molecule has 2 heterocycles. The van der Waals surface area contributed by atoms with Gasteiger partial charge in [-0.2, -0.15) is 0 Å². The first-order valence-corrected chi connectivity index (χ1v) is 6.53. The van der Waals surface area contributed by atoms with Crippen molar-refractivity contribution < 1.29 is 4.74 Å². The van der Waals surface area contributed by atoms with Crippen molar-refractivity contribution in [2.45, 2.75) is 39.0 Å². The molecule has 0 aliphatic carbocycles. The van der Waals surface area contributed by atoms with Crippen LogP contribution in [0, 0.1) is 0 Å². The summed E-state index contributed by atoms with van der Waals surface area (Å²) in [5.41, 5.74) is 1.21. The van der Waals surface area contributed by atoms with Crippen LogP contribution < -0.4 is 0 Å². The predicted molar refractivity (Wildman–Crippen MR) is 69.2 cm³/mol. The quantitative estimate of drug-likeness (QED) is 0.776. The van der Waals surface area contributed by atoms with Gasteiger partial charge >= 0.3 is 0 Å². The second-order valence-electron chi connectivity index (χ2n) is 4.62. The summed E-state index contributed by atoms with van der Waals surface area (Å²) in [6.45, 7) is 7.08. The van der Waals surface area contributed by atoms with Crippen LogP contribution in [0.3, 0.4) is 0 Å². The number of morpholine rings is 1. The highest BCUT2D eigenvalue weighted by Crippen LogP contribution is 2.17. The van der Waals surface area contributed by atoms with Crippen molar-refractivity contribution in [3.05, 3.63) is 29.0 Å². The van der Waals surface area contributed by atoms with Crippen molar-refractivity contribution >= 4 is 11.6 Å². The molecule has 1 aliphatic rings. The summed E-state index contributed by atoms with van der Waals surface area (Å²) >= 11 is 5.79.